The molecule has 0 bridgehead atoms. The lowest BCUT2D eigenvalue weighted by atomic mass is 10.1. The van der Waals surface area contributed by atoms with Gasteiger partial charge in [-0.3, -0.25) is 9.59 Å². The lowest BCUT2D eigenvalue weighted by molar-refractivity contribution is -0.163. The number of unbranched alkanes of at least 4 members (excludes halogenated alkanes) is 28. The molecular weight excluding hydrogens is 765 g/mol. The lowest BCUT2D eigenvalue weighted by Gasteiger charge is -2.18. The Hall–Kier alpha value is -2.40. The Morgan fingerprint density at radius 3 is 1.18 bits per heavy atom. The van der Waals surface area contributed by atoms with Crippen LogP contribution >= 0.6 is 0 Å². The zero-order valence-electron chi connectivity index (χ0n) is 41.4. The molecule has 0 saturated carbocycles. The zero-order chi connectivity index (χ0) is 44.9. The van der Waals surface area contributed by atoms with Gasteiger partial charge in [-0.15, -0.1) is 0 Å². The molecule has 0 aromatic heterocycles. The van der Waals surface area contributed by atoms with Crippen LogP contribution in [0.1, 0.15) is 265 Å². The van der Waals surface area contributed by atoms with Gasteiger partial charge in [0.05, 0.1) is 6.61 Å². The van der Waals surface area contributed by atoms with Gasteiger partial charge in [-0.25, -0.2) is 0 Å². The van der Waals surface area contributed by atoms with E-state index in [1.54, 1.807) is 0 Å². The summed E-state index contributed by atoms with van der Waals surface area (Å²) in [6.45, 7) is 7.71. The van der Waals surface area contributed by atoms with E-state index in [1.807, 2.05) is 0 Å². The number of carbonyl (C=O) groups is 2. The van der Waals surface area contributed by atoms with Crippen molar-refractivity contribution in [2.45, 2.75) is 271 Å². The number of allylic oxidation sites excluding steroid dienone is 10. The zero-order valence-corrected chi connectivity index (χ0v) is 41.4. The molecular formula is C57H102O5. The van der Waals surface area contributed by atoms with Crippen molar-refractivity contribution in [2.75, 3.05) is 19.8 Å². The van der Waals surface area contributed by atoms with E-state index in [1.165, 1.54) is 154 Å². The number of ether oxygens (including phenoxy) is 3. The van der Waals surface area contributed by atoms with E-state index < -0.39 is 6.10 Å². The Bertz CT molecular complexity index is 1070. The second-order valence-corrected chi connectivity index (χ2v) is 17.8. The van der Waals surface area contributed by atoms with E-state index in [-0.39, 0.29) is 25.2 Å². The van der Waals surface area contributed by atoms with Crippen LogP contribution in [0.25, 0.3) is 0 Å². The highest BCUT2D eigenvalue weighted by Crippen LogP contribution is 2.15. The van der Waals surface area contributed by atoms with Crippen LogP contribution in [-0.2, 0) is 23.8 Å². The molecule has 0 N–H and O–H groups in total. The minimum absolute atomic E-state index is 0.0769. The first-order valence-electron chi connectivity index (χ1n) is 26.8. The summed E-state index contributed by atoms with van der Waals surface area (Å²) in [7, 11) is 0. The van der Waals surface area contributed by atoms with Gasteiger partial charge >= 0.3 is 11.9 Å². The molecule has 0 heterocycles. The van der Waals surface area contributed by atoms with E-state index in [9.17, 15) is 9.59 Å². The summed E-state index contributed by atoms with van der Waals surface area (Å²) in [6, 6.07) is 0. The summed E-state index contributed by atoms with van der Waals surface area (Å²) in [4.78, 5) is 25.4. The fourth-order valence-corrected chi connectivity index (χ4v) is 7.56. The molecule has 0 radical (unpaired) electrons. The Morgan fingerprint density at radius 2 is 0.726 bits per heavy atom. The standard InChI is InChI=1S/C57H102O5/c1-4-7-10-13-16-19-22-24-26-28-29-30-31-33-36-38-41-44-47-50-56(58)61-54-55(62-57(59)51-48-45-42-39-35-21-18-15-12-9-6-3)53-60-52-49-46-43-40-37-34-32-27-25-23-20-17-14-11-8-5-2/h7,10,16,19,24-27,29-30,55H,4-6,8-9,11-15,17-18,20-23,28,31-54H2,1-3H3/b10-7-,19-16-,26-24-,27-25-,30-29-. The fraction of sp³-hybridized carbons (Fsp3) is 0.789. The summed E-state index contributed by atoms with van der Waals surface area (Å²) in [5.74, 6) is -0.408. The van der Waals surface area contributed by atoms with Gasteiger partial charge < -0.3 is 14.2 Å². The van der Waals surface area contributed by atoms with Gasteiger partial charge in [0.2, 0.25) is 0 Å². The third-order valence-corrected chi connectivity index (χ3v) is 11.5. The SMILES string of the molecule is CC/C=C\C/C=C\C/C=C\C/C=C\CCCCCCCCC(=O)OCC(COCCCCCCCC/C=C\CCCCCCCC)OC(=O)CCCCCCCCCCCCC. The first-order valence-corrected chi connectivity index (χ1v) is 26.8. The quantitative estimate of drug-likeness (QED) is 0.0346. The second-order valence-electron chi connectivity index (χ2n) is 17.8. The van der Waals surface area contributed by atoms with Crippen LogP contribution < -0.4 is 0 Å². The number of hydrogen-bond donors (Lipinski definition) is 0. The number of esters is 2. The van der Waals surface area contributed by atoms with Crippen molar-refractivity contribution in [1.82, 2.24) is 0 Å². The van der Waals surface area contributed by atoms with Gasteiger partial charge in [-0.05, 0) is 83.5 Å². The van der Waals surface area contributed by atoms with Gasteiger partial charge in [-0.1, -0.05) is 229 Å². The molecule has 5 nitrogen and oxygen atoms in total. The minimum Gasteiger partial charge on any atom is -0.462 e. The monoisotopic (exact) mass is 867 g/mol. The normalized spacial score (nSPS) is 12.6. The van der Waals surface area contributed by atoms with Crippen molar-refractivity contribution >= 4 is 11.9 Å². The molecule has 0 rings (SSSR count). The molecule has 0 aliphatic rings. The van der Waals surface area contributed by atoms with Crippen molar-refractivity contribution in [1.29, 1.82) is 0 Å². The van der Waals surface area contributed by atoms with Gasteiger partial charge in [0.15, 0.2) is 6.10 Å². The van der Waals surface area contributed by atoms with Gasteiger partial charge in [0.1, 0.15) is 6.61 Å². The van der Waals surface area contributed by atoms with Crippen LogP contribution in [0.4, 0.5) is 0 Å². The first-order chi connectivity index (χ1) is 30.6. The summed E-state index contributed by atoms with van der Waals surface area (Å²) in [5, 5.41) is 0. The third-order valence-electron chi connectivity index (χ3n) is 11.5. The first kappa shape index (κ1) is 59.6. The van der Waals surface area contributed by atoms with Crippen molar-refractivity contribution < 1.29 is 23.8 Å². The number of hydrogen-bond acceptors (Lipinski definition) is 5. The molecule has 0 fully saturated rings. The highest BCUT2D eigenvalue weighted by atomic mass is 16.6. The van der Waals surface area contributed by atoms with Crippen molar-refractivity contribution in [2.24, 2.45) is 0 Å². The maximum absolute atomic E-state index is 12.8. The Balaban J connectivity index is 4.25. The summed E-state index contributed by atoms with van der Waals surface area (Å²) in [5.41, 5.74) is 0. The summed E-state index contributed by atoms with van der Waals surface area (Å²) in [6.07, 6.45) is 66.6. The molecule has 0 spiro atoms. The van der Waals surface area contributed by atoms with Crippen molar-refractivity contribution in [3.05, 3.63) is 60.8 Å². The maximum atomic E-state index is 12.8. The Labute approximate surface area is 385 Å². The summed E-state index contributed by atoms with van der Waals surface area (Å²) >= 11 is 0. The van der Waals surface area contributed by atoms with E-state index in [0.29, 0.717) is 19.4 Å². The molecule has 0 aliphatic heterocycles. The van der Waals surface area contributed by atoms with Gasteiger partial charge in [0, 0.05) is 19.4 Å². The predicted octanol–water partition coefficient (Wildman–Crippen LogP) is 18.1. The van der Waals surface area contributed by atoms with Crippen LogP contribution in [-0.4, -0.2) is 37.9 Å². The van der Waals surface area contributed by atoms with Crippen LogP contribution in [0.3, 0.4) is 0 Å². The smallest absolute Gasteiger partial charge is 0.306 e. The molecule has 62 heavy (non-hydrogen) atoms. The second kappa shape index (κ2) is 52.9. The molecule has 0 aromatic rings. The van der Waals surface area contributed by atoms with Gasteiger partial charge in [0.25, 0.3) is 0 Å². The molecule has 5 heteroatoms. The fourth-order valence-electron chi connectivity index (χ4n) is 7.56. The van der Waals surface area contributed by atoms with Crippen LogP contribution in [0.15, 0.2) is 60.8 Å². The highest BCUT2D eigenvalue weighted by Gasteiger charge is 2.17. The molecule has 0 saturated heterocycles. The van der Waals surface area contributed by atoms with E-state index >= 15 is 0 Å². The van der Waals surface area contributed by atoms with E-state index in [4.69, 9.17) is 14.2 Å². The average molecular weight is 867 g/mol. The molecule has 360 valence electrons. The average Bonchev–Trinajstić information content (AvgIpc) is 3.27. The van der Waals surface area contributed by atoms with E-state index in [2.05, 4.69) is 81.5 Å². The summed E-state index contributed by atoms with van der Waals surface area (Å²) < 4.78 is 17.4. The molecule has 0 aliphatic carbocycles. The number of rotatable bonds is 49. The maximum Gasteiger partial charge on any atom is 0.306 e. The Kier molecular flexibility index (Phi) is 50.9. The van der Waals surface area contributed by atoms with Crippen LogP contribution in [0.2, 0.25) is 0 Å². The lowest BCUT2D eigenvalue weighted by Crippen LogP contribution is -2.30. The van der Waals surface area contributed by atoms with E-state index in [0.717, 1.165) is 77.0 Å². The third kappa shape index (κ3) is 50.2. The molecule has 1 atom stereocenters. The Morgan fingerprint density at radius 1 is 0.371 bits per heavy atom. The largest absolute Gasteiger partial charge is 0.462 e. The van der Waals surface area contributed by atoms with Crippen molar-refractivity contribution in [3.8, 4) is 0 Å². The molecule has 0 amide bonds. The predicted molar refractivity (Wildman–Crippen MR) is 270 cm³/mol. The minimum atomic E-state index is -0.543. The van der Waals surface area contributed by atoms with Crippen LogP contribution in [0.5, 0.6) is 0 Å². The van der Waals surface area contributed by atoms with Crippen LogP contribution in [0, 0.1) is 0 Å². The number of carbonyl (C=O) groups excluding carboxylic acids is 2. The highest BCUT2D eigenvalue weighted by molar-refractivity contribution is 5.70. The van der Waals surface area contributed by atoms with Crippen molar-refractivity contribution in [3.63, 3.8) is 0 Å². The topological polar surface area (TPSA) is 61.8 Å². The van der Waals surface area contributed by atoms with Gasteiger partial charge in [-0.2, -0.15) is 0 Å². The molecule has 1 unspecified atom stereocenters. The molecule has 0 aromatic carbocycles.